The first-order valence-electron chi connectivity index (χ1n) is 6.13. The highest BCUT2D eigenvalue weighted by Gasteiger charge is 2.09. The summed E-state index contributed by atoms with van der Waals surface area (Å²) >= 11 is 0. The molecule has 2 aromatic carbocycles. The van der Waals surface area contributed by atoms with E-state index in [1.165, 1.54) is 12.1 Å². The van der Waals surface area contributed by atoms with Gasteiger partial charge in [0.2, 0.25) is 11.8 Å². The third kappa shape index (κ3) is 2.66. The summed E-state index contributed by atoms with van der Waals surface area (Å²) in [5.41, 5.74) is 8.08. The number of benzene rings is 2. The van der Waals surface area contributed by atoms with Gasteiger partial charge in [0.05, 0.1) is 6.42 Å². The SMILES string of the molecule is Nc1ccc(Cc2nnc(-c3ccc(F)cc3)o2)cc1. The van der Waals surface area contributed by atoms with Gasteiger partial charge in [-0.25, -0.2) is 4.39 Å². The van der Waals surface area contributed by atoms with Crippen LogP contribution in [0.25, 0.3) is 11.5 Å². The van der Waals surface area contributed by atoms with E-state index in [2.05, 4.69) is 10.2 Å². The molecule has 0 radical (unpaired) electrons. The molecule has 0 atom stereocenters. The Morgan fingerprint density at radius 3 is 2.35 bits per heavy atom. The highest BCUT2D eigenvalue weighted by atomic mass is 19.1. The van der Waals surface area contributed by atoms with Crippen LogP contribution in [-0.4, -0.2) is 10.2 Å². The molecule has 0 spiro atoms. The summed E-state index contributed by atoms with van der Waals surface area (Å²) in [4.78, 5) is 0. The lowest BCUT2D eigenvalue weighted by Gasteiger charge is -1.97. The van der Waals surface area contributed by atoms with E-state index in [-0.39, 0.29) is 5.82 Å². The van der Waals surface area contributed by atoms with Crippen molar-refractivity contribution in [1.29, 1.82) is 0 Å². The summed E-state index contributed by atoms with van der Waals surface area (Å²) in [6.45, 7) is 0. The lowest BCUT2D eigenvalue weighted by atomic mass is 10.1. The molecule has 4 nitrogen and oxygen atoms in total. The van der Waals surface area contributed by atoms with Gasteiger partial charge in [-0.3, -0.25) is 0 Å². The number of anilines is 1. The van der Waals surface area contributed by atoms with Crippen LogP contribution in [0.1, 0.15) is 11.5 Å². The molecule has 1 aromatic heterocycles. The van der Waals surface area contributed by atoms with Crippen molar-refractivity contribution in [3.63, 3.8) is 0 Å². The third-order valence-corrected chi connectivity index (χ3v) is 2.89. The van der Waals surface area contributed by atoms with E-state index >= 15 is 0 Å². The Morgan fingerprint density at radius 1 is 0.950 bits per heavy atom. The van der Waals surface area contributed by atoms with E-state index in [1.807, 2.05) is 24.3 Å². The first-order valence-corrected chi connectivity index (χ1v) is 6.13. The van der Waals surface area contributed by atoms with Gasteiger partial charge in [-0.15, -0.1) is 10.2 Å². The van der Waals surface area contributed by atoms with Gasteiger partial charge in [0.15, 0.2) is 0 Å². The van der Waals surface area contributed by atoms with Crippen molar-refractivity contribution in [3.05, 3.63) is 65.8 Å². The van der Waals surface area contributed by atoms with Gasteiger partial charge < -0.3 is 10.2 Å². The minimum absolute atomic E-state index is 0.296. The van der Waals surface area contributed by atoms with Crippen LogP contribution in [0.4, 0.5) is 10.1 Å². The molecule has 0 amide bonds. The zero-order valence-electron chi connectivity index (χ0n) is 10.6. The normalized spacial score (nSPS) is 10.7. The maximum atomic E-state index is 12.9. The topological polar surface area (TPSA) is 64.9 Å². The Bertz CT molecular complexity index is 705. The van der Waals surface area contributed by atoms with Gasteiger partial charge in [0, 0.05) is 11.3 Å². The van der Waals surface area contributed by atoms with E-state index in [0.717, 1.165) is 5.56 Å². The Balaban J connectivity index is 1.80. The molecule has 0 saturated heterocycles. The molecule has 2 N–H and O–H groups in total. The highest BCUT2D eigenvalue weighted by molar-refractivity contribution is 5.52. The molecule has 0 aliphatic carbocycles. The predicted molar refractivity (Wildman–Crippen MR) is 73.4 cm³/mol. The molecule has 0 saturated carbocycles. The van der Waals surface area contributed by atoms with Crippen molar-refractivity contribution >= 4 is 5.69 Å². The van der Waals surface area contributed by atoms with E-state index in [1.54, 1.807) is 12.1 Å². The zero-order chi connectivity index (χ0) is 13.9. The Morgan fingerprint density at radius 2 is 1.65 bits per heavy atom. The molecule has 3 aromatic rings. The van der Waals surface area contributed by atoms with Gasteiger partial charge in [-0.05, 0) is 42.0 Å². The van der Waals surface area contributed by atoms with Crippen LogP contribution < -0.4 is 5.73 Å². The number of aromatic nitrogens is 2. The first kappa shape index (κ1) is 12.3. The summed E-state index contributed by atoms with van der Waals surface area (Å²) in [6, 6.07) is 13.4. The standard InChI is InChI=1S/C15H12FN3O/c16-12-5-3-11(4-6-12)15-19-18-14(20-15)9-10-1-7-13(17)8-2-10/h1-8H,9,17H2. The van der Waals surface area contributed by atoms with E-state index in [0.29, 0.717) is 29.5 Å². The van der Waals surface area contributed by atoms with Gasteiger partial charge in [0.1, 0.15) is 5.82 Å². The molecule has 0 unspecified atom stereocenters. The number of hydrogen-bond acceptors (Lipinski definition) is 4. The second-order valence-corrected chi connectivity index (χ2v) is 4.43. The number of halogens is 1. The lowest BCUT2D eigenvalue weighted by Crippen LogP contribution is -1.90. The van der Waals surface area contributed by atoms with Crippen molar-refractivity contribution in [2.24, 2.45) is 0 Å². The minimum atomic E-state index is -0.296. The molecule has 5 heteroatoms. The highest BCUT2D eigenvalue weighted by Crippen LogP contribution is 2.19. The Hall–Kier alpha value is -2.69. The second-order valence-electron chi connectivity index (χ2n) is 4.43. The average molecular weight is 269 g/mol. The van der Waals surface area contributed by atoms with Gasteiger partial charge in [-0.1, -0.05) is 12.1 Å². The van der Waals surface area contributed by atoms with Crippen LogP contribution >= 0.6 is 0 Å². The van der Waals surface area contributed by atoms with Gasteiger partial charge in [-0.2, -0.15) is 0 Å². The summed E-state index contributed by atoms with van der Waals surface area (Å²) < 4.78 is 18.4. The molecule has 100 valence electrons. The molecular weight excluding hydrogens is 257 g/mol. The van der Waals surface area contributed by atoms with Crippen molar-refractivity contribution in [2.45, 2.75) is 6.42 Å². The second kappa shape index (κ2) is 5.13. The van der Waals surface area contributed by atoms with Crippen LogP contribution in [0.3, 0.4) is 0 Å². The minimum Gasteiger partial charge on any atom is -0.420 e. The van der Waals surface area contributed by atoms with E-state index in [9.17, 15) is 4.39 Å². The fraction of sp³-hybridized carbons (Fsp3) is 0.0667. The van der Waals surface area contributed by atoms with Crippen LogP contribution in [0.15, 0.2) is 52.9 Å². The van der Waals surface area contributed by atoms with Crippen LogP contribution in [0.2, 0.25) is 0 Å². The van der Waals surface area contributed by atoms with Crippen LogP contribution in [-0.2, 0) is 6.42 Å². The van der Waals surface area contributed by atoms with Crippen molar-refractivity contribution < 1.29 is 8.81 Å². The number of nitrogen functional groups attached to an aromatic ring is 1. The number of nitrogens with two attached hydrogens (primary N) is 1. The molecule has 0 bridgehead atoms. The monoisotopic (exact) mass is 269 g/mol. The fourth-order valence-corrected chi connectivity index (χ4v) is 1.84. The number of nitrogens with zero attached hydrogens (tertiary/aromatic N) is 2. The van der Waals surface area contributed by atoms with E-state index in [4.69, 9.17) is 10.2 Å². The summed E-state index contributed by atoms with van der Waals surface area (Å²) in [5.74, 6) is 0.597. The molecule has 0 aliphatic heterocycles. The number of rotatable bonds is 3. The van der Waals surface area contributed by atoms with Crippen molar-refractivity contribution in [3.8, 4) is 11.5 Å². The smallest absolute Gasteiger partial charge is 0.247 e. The third-order valence-electron chi connectivity index (χ3n) is 2.89. The quantitative estimate of drug-likeness (QED) is 0.742. The van der Waals surface area contributed by atoms with Gasteiger partial charge in [0.25, 0.3) is 0 Å². The molecule has 0 aliphatic rings. The van der Waals surface area contributed by atoms with Crippen molar-refractivity contribution in [1.82, 2.24) is 10.2 Å². The maximum absolute atomic E-state index is 12.9. The van der Waals surface area contributed by atoms with Crippen molar-refractivity contribution in [2.75, 3.05) is 5.73 Å². The Labute approximate surface area is 115 Å². The van der Waals surface area contributed by atoms with Crippen LogP contribution in [0.5, 0.6) is 0 Å². The average Bonchev–Trinajstić information content (AvgIpc) is 2.91. The fourth-order valence-electron chi connectivity index (χ4n) is 1.84. The molecule has 1 heterocycles. The Kier molecular flexibility index (Phi) is 3.16. The lowest BCUT2D eigenvalue weighted by molar-refractivity contribution is 0.518. The zero-order valence-corrected chi connectivity index (χ0v) is 10.6. The summed E-state index contributed by atoms with van der Waals surface area (Å²) in [5, 5.41) is 7.96. The first-order chi connectivity index (χ1) is 9.70. The number of hydrogen-bond donors (Lipinski definition) is 1. The maximum Gasteiger partial charge on any atom is 0.247 e. The van der Waals surface area contributed by atoms with Crippen LogP contribution in [0, 0.1) is 5.82 Å². The molecule has 20 heavy (non-hydrogen) atoms. The molecule has 3 rings (SSSR count). The molecule has 0 fully saturated rings. The van der Waals surface area contributed by atoms with Gasteiger partial charge >= 0.3 is 0 Å². The molecular formula is C15H12FN3O. The van der Waals surface area contributed by atoms with E-state index < -0.39 is 0 Å². The largest absolute Gasteiger partial charge is 0.420 e. The predicted octanol–water partition coefficient (Wildman–Crippen LogP) is 3.05. The summed E-state index contributed by atoms with van der Waals surface area (Å²) in [7, 11) is 0. The summed E-state index contributed by atoms with van der Waals surface area (Å²) in [6.07, 6.45) is 0.536.